The predicted octanol–water partition coefficient (Wildman–Crippen LogP) is 5.53. The van der Waals surface area contributed by atoms with Crippen LogP contribution in [0.3, 0.4) is 0 Å². The van der Waals surface area contributed by atoms with Gasteiger partial charge in [-0.2, -0.15) is 5.26 Å². The second-order valence-corrected chi connectivity index (χ2v) is 6.64. The van der Waals surface area contributed by atoms with E-state index >= 15 is 0 Å². The van der Waals surface area contributed by atoms with Gasteiger partial charge in [-0.15, -0.1) is 0 Å². The fourth-order valence-electron chi connectivity index (χ4n) is 2.94. The number of carbonyl (C=O) groups is 1. The van der Waals surface area contributed by atoms with Crippen LogP contribution < -0.4 is 15.4 Å². The highest BCUT2D eigenvalue weighted by molar-refractivity contribution is 5.99. The molecule has 1 heterocycles. The van der Waals surface area contributed by atoms with Crippen LogP contribution in [0, 0.1) is 23.0 Å². The highest BCUT2D eigenvalue weighted by atomic mass is 19.1. The van der Waals surface area contributed by atoms with Crippen molar-refractivity contribution in [3.05, 3.63) is 84.1 Å². The van der Waals surface area contributed by atoms with Crippen LogP contribution in [0.25, 0.3) is 10.9 Å². The van der Waals surface area contributed by atoms with E-state index in [9.17, 15) is 18.7 Å². The number of benzene rings is 3. The number of phenols is 1. The molecule has 0 aliphatic rings. The van der Waals surface area contributed by atoms with Gasteiger partial charge in [0.1, 0.15) is 35.0 Å². The molecule has 0 atom stereocenters. The number of pyridine rings is 1. The number of carbonyl (C=O) groups excluding carboxylic acids is 1. The number of hydrogen-bond acceptors (Lipinski definition) is 5. The third-order valence-corrected chi connectivity index (χ3v) is 4.46. The molecule has 0 bridgehead atoms. The first kappa shape index (κ1) is 20.6. The zero-order valence-electron chi connectivity index (χ0n) is 16.3. The zero-order chi connectivity index (χ0) is 22.7. The molecule has 4 aromatic rings. The lowest BCUT2D eigenvalue weighted by molar-refractivity contribution is 0.262. The van der Waals surface area contributed by atoms with Crippen molar-refractivity contribution >= 4 is 28.3 Å². The first-order chi connectivity index (χ1) is 15.4. The van der Waals surface area contributed by atoms with Gasteiger partial charge in [0.15, 0.2) is 0 Å². The number of anilines is 2. The molecule has 1 aromatic heterocycles. The molecule has 7 nitrogen and oxygen atoms in total. The summed E-state index contributed by atoms with van der Waals surface area (Å²) in [6, 6.07) is 14.5. The summed E-state index contributed by atoms with van der Waals surface area (Å²) in [4.78, 5) is 16.2. The molecule has 2 amide bonds. The number of fused-ring (bicyclic) bond motifs is 1. The normalized spacial score (nSPS) is 10.4. The summed E-state index contributed by atoms with van der Waals surface area (Å²) in [5.41, 5.74) is 0.702. The van der Waals surface area contributed by atoms with Crippen LogP contribution in [-0.2, 0) is 0 Å². The zero-order valence-corrected chi connectivity index (χ0v) is 16.3. The maximum Gasteiger partial charge on any atom is 0.323 e. The number of rotatable bonds is 4. The Morgan fingerprint density at radius 1 is 1.03 bits per heavy atom. The van der Waals surface area contributed by atoms with Gasteiger partial charge < -0.3 is 20.5 Å². The van der Waals surface area contributed by atoms with Gasteiger partial charge in [0.2, 0.25) is 0 Å². The molecule has 0 fully saturated rings. The third kappa shape index (κ3) is 4.39. The fraction of sp³-hybridized carbons (Fsp3) is 0. The largest absolute Gasteiger partial charge is 0.506 e. The number of urea groups is 1. The topological polar surface area (TPSA) is 107 Å². The van der Waals surface area contributed by atoms with Gasteiger partial charge in [0.25, 0.3) is 0 Å². The number of amides is 2. The number of aromatic hydroxyl groups is 1. The molecule has 0 saturated carbocycles. The molecule has 3 aromatic carbocycles. The maximum atomic E-state index is 14.5. The van der Waals surface area contributed by atoms with Crippen molar-refractivity contribution in [2.45, 2.75) is 0 Å². The van der Waals surface area contributed by atoms with Crippen molar-refractivity contribution in [2.75, 3.05) is 10.6 Å². The molecule has 0 saturated heterocycles. The van der Waals surface area contributed by atoms with Gasteiger partial charge in [-0.1, -0.05) is 0 Å². The summed E-state index contributed by atoms with van der Waals surface area (Å²) < 4.78 is 33.2. The van der Waals surface area contributed by atoms with Crippen molar-refractivity contribution in [1.29, 1.82) is 5.26 Å². The second-order valence-electron chi connectivity index (χ2n) is 6.64. The van der Waals surface area contributed by atoms with Crippen molar-refractivity contribution < 1.29 is 23.4 Å². The first-order valence-corrected chi connectivity index (χ1v) is 9.26. The molecule has 158 valence electrons. The Labute approximate surface area is 180 Å². The SMILES string of the molecule is N#Cc1cc2c(Oc3ccc(NC(=O)Nc4ccc(F)cc4)c(F)c3)ccnc2cc1O. The smallest absolute Gasteiger partial charge is 0.323 e. The predicted molar refractivity (Wildman–Crippen MR) is 114 cm³/mol. The molecule has 0 spiro atoms. The van der Waals surface area contributed by atoms with Crippen LogP contribution in [0.5, 0.6) is 17.2 Å². The van der Waals surface area contributed by atoms with E-state index in [1.807, 2.05) is 6.07 Å². The van der Waals surface area contributed by atoms with Gasteiger partial charge in [-0.05, 0) is 48.5 Å². The highest BCUT2D eigenvalue weighted by Gasteiger charge is 2.12. The van der Waals surface area contributed by atoms with Gasteiger partial charge in [-0.3, -0.25) is 4.98 Å². The first-order valence-electron chi connectivity index (χ1n) is 9.26. The van der Waals surface area contributed by atoms with Crippen molar-refractivity contribution in [3.8, 4) is 23.3 Å². The number of phenolic OH excluding ortho intramolecular Hbond substituents is 1. The average Bonchev–Trinajstić information content (AvgIpc) is 2.77. The minimum Gasteiger partial charge on any atom is -0.506 e. The van der Waals surface area contributed by atoms with Crippen LogP contribution in [0.2, 0.25) is 0 Å². The molecule has 0 aliphatic carbocycles. The van der Waals surface area contributed by atoms with E-state index in [4.69, 9.17) is 10.00 Å². The Kier molecular flexibility index (Phi) is 5.51. The van der Waals surface area contributed by atoms with Crippen molar-refractivity contribution in [1.82, 2.24) is 4.98 Å². The number of aromatic nitrogens is 1. The fourth-order valence-corrected chi connectivity index (χ4v) is 2.94. The Bertz CT molecular complexity index is 1370. The summed E-state index contributed by atoms with van der Waals surface area (Å²) in [5.74, 6) is -0.942. The van der Waals surface area contributed by atoms with Crippen LogP contribution in [0.4, 0.5) is 25.0 Å². The van der Waals surface area contributed by atoms with E-state index in [0.717, 1.165) is 6.07 Å². The third-order valence-electron chi connectivity index (χ3n) is 4.46. The Hall–Kier alpha value is -4.71. The lowest BCUT2D eigenvalue weighted by Gasteiger charge is -2.12. The molecular weight excluding hydrogens is 418 g/mol. The second kappa shape index (κ2) is 8.57. The van der Waals surface area contributed by atoms with Gasteiger partial charge >= 0.3 is 6.03 Å². The number of ether oxygens (including phenoxy) is 1. The minimum atomic E-state index is -0.745. The van der Waals surface area contributed by atoms with E-state index in [1.54, 1.807) is 6.07 Å². The summed E-state index contributed by atoms with van der Waals surface area (Å²) in [7, 11) is 0. The van der Waals surface area contributed by atoms with Crippen molar-refractivity contribution in [3.63, 3.8) is 0 Å². The molecule has 4 rings (SSSR count). The molecule has 9 heteroatoms. The quantitative estimate of drug-likeness (QED) is 0.393. The Balaban J connectivity index is 1.52. The van der Waals surface area contributed by atoms with E-state index in [0.29, 0.717) is 22.3 Å². The van der Waals surface area contributed by atoms with Crippen LogP contribution in [0.1, 0.15) is 5.56 Å². The van der Waals surface area contributed by atoms with Crippen LogP contribution in [0.15, 0.2) is 66.9 Å². The lowest BCUT2D eigenvalue weighted by atomic mass is 10.1. The average molecular weight is 432 g/mol. The number of nitrogens with zero attached hydrogens (tertiary/aromatic N) is 2. The van der Waals surface area contributed by atoms with Crippen molar-refractivity contribution in [2.24, 2.45) is 0 Å². The summed E-state index contributed by atoms with van der Waals surface area (Å²) in [6.45, 7) is 0. The van der Waals surface area contributed by atoms with Gasteiger partial charge in [0, 0.05) is 29.4 Å². The monoisotopic (exact) mass is 432 g/mol. The Morgan fingerprint density at radius 2 is 1.81 bits per heavy atom. The minimum absolute atomic E-state index is 0.0493. The number of halogens is 2. The number of hydrogen-bond donors (Lipinski definition) is 3. The van der Waals surface area contributed by atoms with E-state index in [-0.39, 0.29) is 22.7 Å². The van der Waals surface area contributed by atoms with Gasteiger partial charge in [0.05, 0.1) is 16.8 Å². The van der Waals surface area contributed by atoms with E-state index < -0.39 is 17.7 Å². The summed E-state index contributed by atoms with van der Waals surface area (Å²) >= 11 is 0. The lowest BCUT2D eigenvalue weighted by Crippen LogP contribution is -2.20. The standard InChI is InChI=1S/C23H14F2N4O3/c24-14-1-3-15(4-2-14)28-23(31)29-19-6-5-16(10-18(19)25)32-22-7-8-27-20-11-21(30)13(12-26)9-17(20)22/h1-11,30H,(H2,28,29,31). The van der Waals surface area contributed by atoms with Crippen LogP contribution in [-0.4, -0.2) is 16.1 Å². The van der Waals surface area contributed by atoms with Crippen LogP contribution >= 0.6 is 0 Å². The highest BCUT2D eigenvalue weighted by Crippen LogP contribution is 2.33. The van der Waals surface area contributed by atoms with E-state index in [1.165, 1.54) is 54.7 Å². The van der Waals surface area contributed by atoms with Gasteiger partial charge in [-0.25, -0.2) is 13.6 Å². The molecule has 3 N–H and O–H groups in total. The molecule has 0 aliphatic heterocycles. The summed E-state index contributed by atoms with van der Waals surface area (Å²) in [5, 5.41) is 24.2. The molecule has 0 radical (unpaired) electrons. The number of nitriles is 1. The molecule has 0 unspecified atom stereocenters. The number of nitrogens with one attached hydrogen (secondary N) is 2. The molecule has 32 heavy (non-hydrogen) atoms. The Morgan fingerprint density at radius 3 is 2.53 bits per heavy atom. The summed E-state index contributed by atoms with van der Waals surface area (Å²) in [6.07, 6.45) is 1.45. The molecular formula is C23H14F2N4O3. The maximum absolute atomic E-state index is 14.5. The van der Waals surface area contributed by atoms with E-state index in [2.05, 4.69) is 15.6 Å².